The fourth-order valence-electron chi connectivity index (χ4n) is 1.57. The van der Waals surface area contributed by atoms with E-state index in [1.54, 1.807) is 18.2 Å². The highest BCUT2D eigenvalue weighted by Crippen LogP contribution is 2.14. The minimum Gasteiger partial charge on any atom is -0.480 e. The monoisotopic (exact) mass is 321 g/mol. The van der Waals surface area contributed by atoms with Crippen LogP contribution in [-0.2, 0) is 10.0 Å². The van der Waals surface area contributed by atoms with Crippen LogP contribution < -0.4 is 10.5 Å². The summed E-state index contributed by atoms with van der Waals surface area (Å²) >= 11 is 0. The Morgan fingerprint density at radius 2 is 1.95 bits per heavy atom. The first-order valence-corrected chi connectivity index (χ1v) is 7.63. The van der Waals surface area contributed by atoms with Crippen LogP contribution in [0, 0.1) is 0 Å². The topological polar surface area (TPSA) is 111 Å². The Balaban J connectivity index is 2.31. The smallest absolute Gasteiger partial charge is 0.278 e. The number of hydrogen-bond donors (Lipinski definition) is 1. The van der Waals surface area contributed by atoms with Gasteiger partial charge in [0.2, 0.25) is 5.88 Å². The maximum absolute atomic E-state index is 12.3. The predicted molar refractivity (Wildman–Crippen MR) is 80.7 cm³/mol. The lowest BCUT2D eigenvalue weighted by atomic mass is 10.4. The van der Waals surface area contributed by atoms with Crippen molar-refractivity contribution in [2.45, 2.75) is 4.90 Å². The summed E-state index contributed by atoms with van der Waals surface area (Å²) in [7, 11) is -1.04. The van der Waals surface area contributed by atoms with Crippen molar-refractivity contribution in [3.8, 4) is 5.88 Å². The van der Waals surface area contributed by atoms with Crippen molar-refractivity contribution in [2.24, 2.45) is 10.8 Å². The van der Waals surface area contributed by atoms with Crippen molar-refractivity contribution in [2.75, 3.05) is 14.2 Å². The van der Waals surface area contributed by atoms with Gasteiger partial charge in [0.1, 0.15) is 5.69 Å². The lowest BCUT2D eigenvalue weighted by Crippen LogP contribution is -2.27. The van der Waals surface area contributed by atoms with Gasteiger partial charge < -0.3 is 10.5 Å². The zero-order valence-electron chi connectivity index (χ0n) is 12.0. The largest absolute Gasteiger partial charge is 0.480 e. The number of rotatable bonds is 5. The molecule has 0 unspecified atom stereocenters. The number of sulfonamides is 1. The van der Waals surface area contributed by atoms with Gasteiger partial charge in [-0.3, -0.25) is 4.98 Å². The molecule has 0 aliphatic rings. The predicted octanol–water partition coefficient (Wildman–Crippen LogP) is 0.426. The summed E-state index contributed by atoms with van der Waals surface area (Å²) < 4.78 is 30.4. The van der Waals surface area contributed by atoms with Gasteiger partial charge in [0.15, 0.2) is 5.84 Å². The molecule has 2 rings (SSSR count). The quantitative estimate of drug-likeness (QED) is 0.485. The summed E-state index contributed by atoms with van der Waals surface area (Å²) in [6.07, 6.45) is 2.77. The van der Waals surface area contributed by atoms with Gasteiger partial charge in [0.25, 0.3) is 10.0 Å². The molecule has 0 saturated carbocycles. The molecule has 0 spiro atoms. The van der Waals surface area contributed by atoms with Gasteiger partial charge >= 0.3 is 0 Å². The van der Waals surface area contributed by atoms with Crippen LogP contribution in [-0.4, -0.2) is 42.8 Å². The number of hydrazone groups is 1. The van der Waals surface area contributed by atoms with Gasteiger partial charge in [-0.1, -0.05) is 18.2 Å². The van der Waals surface area contributed by atoms with Crippen molar-refractivity contribution in [1.29, 1.82) is 0 Å². The molecule has 0 amide bonds. The van der Waals surface area contributed by atoms with E-state index in [-0.39, 0.29) is 22.3 Å². The third-order valence-corrected chi connectivity index (χ3v) is 4.37. The number of amidine groups is 1. The van der Waals surface area contributed by atoms with E-state index in [1.807, 2.05) is 0 Å². The first kappa shape index (κ1) is 15.7. The molecule has 1 aromatic carbocycles. The van der Waals surface area contributed by atoms with E-state index in [4.69, 9.17) is 10.5 Å². The fourth-order valence-corrected chi connectivity index (χ4v) is 2.57. The van der Waals surface area contributed by atoms with Crippen LogP contribution in [0.4, 0.5) is 0 Å². The molecule has 9 heteroatoms. The molecule has 8 nitrogen and oxygen atoms in total. The molecule has 2 N–H and O–H groups in total. The Morgan fingerprint density at radius 3 is 2.59 bits per heavy atom. The van der Waals surface area contributed by atoms with Crippen LogP contribution in [0.25, 0.3) is 0 Å². The van der Waals surface area contributed by atoms with Crippen molar-refractivity contribution in [3.63, 3.8) is 0 Å². The highest BCUT2D eigenvalue weighted by atomic mass is 32.2. The number of hydrogen-bond acceptors (Lipinski definition) is 6. The van der Waals surface area contributed by atoms with Crippen molar-refractivity contribution in [3.05, 3.63) is 48.4 Å². The number of aromatic nitrogens is 2. The van der Waals surface area contributed by atoms with Crippen LogP contribution in [0.15, 0.2) is 52.7 Å². The minimum absolute atomic E-state index is 0.0894. The average molecular weight is 321 g/mol. The summed E-state index contributed by atoms with van der Waals surface area (Å²) in [5.41, 5.74) is 6.00. The van der Waals surface area contributed by atoms with E-state index in [2.05, 4.69) is 15.1 Å². The third kappa shape index (κ3) is 3.31. The Bertz CT molecular complexity index is 777. The van der Waals surface area contributed by atoms with E-state index in [0.717, 1.165) is 4.41 Å². The van der Waals surface area contributed by atoms with E-state index in [1.165, 1.54) is 38.7 Å². The highest BCUT2D eigenvalue weighted by Gasteiger charge is 2.19. The standard InChI is InChI=1S/C13H15N5O3S/c1-18(22(19,20)10-6-4-3-5-7-10)17-13(14)11-8-15-9-12(16-11)21-2/h3-9H,1-2H3,(H2,14,17). The number of benzene rings is 1. The fraction of sp³-hybridized carbons (Fsp3) is 0.154. The highest BCUT2D eigenvalue weighted by molar-refractivity contribution is 7.89. The zero-order valence-corrected chi connectivity index (χ0v) is 12.9. The summed E-state index contributed by atoms with van der Waals surface area (Å²) in [4.78, 5) is 8.04. The van der Waals surface area contributed by atoms with Crippen LogP contribution in [0.3, 0.4) is 0 Å². The minimum atomic E-state index is -3.77. The Kier molecular flexibility index (Phi) is 4.56. The molecular formula is C13H15N5O3S. The van der Waals surface area contributed by atoms with Gasteiger partial charge in [-0.05, 0) is 12.1 Å². The molecule has 0 saturated heterocycles. The first-order valence-electron chi connectivity index (χ1n) is 6.19. The average Bonchev–Trinajstić information content (AvgIpc) is 2.55. The molecule has 1 aromatic heterocycles. The SMILES string of the molecule is COc1cncc(/C(N)=N/N(C)S(=O)(=O)c2ccccc2)n1. The normalized spacial score (nSPS) is 12.0. The number of nitrogens with zero attached hydrogens (tertiary/aromatic N) is 4. The van der Waals surface area contributed by atoms with Crippen LogP contribution in [0.5, 0.6) is 5.88 Å². The third-order valence-electron chi connectivity index (χ3n) is 2.72. The van der Waals surface area contributed by atoms with E-state index in [9.17, 15) is 8.42 Å². The van der Waals surface area contributed by atoms with Crippen LogP contribution in [0.2, 0.25) is 0 Å². The van der Waals surface area contributed by atoms with Gasteiger partial charge in [-0.25, -0.2) is 4.98 Å². The van der Waals surface area contributed by atoms with E-state index in [0.29, 0.717) is 0 Å². The van der Waals surface area contributed by atoms with Gasteiger partial charge in [-0.2, -0.15) is 12.8 Å². The van der Waals surface area contributed by atoms with Crippen molar-refractivity contribution < 1.29 is 13.2 Å². The number of ether oxygens (including phenoxy) is 1. The second kappa shape index (κ2) is 6.39. The lowest BCUT2D eigenvalue weighted by molar-refractivity contribution is 0.395. The molecule has 0 atom stereocenters. The van der Waals surface area contributed by atoms with E-state index < -0.39 is 10.0 Å². The molecule has 116 valence electrons. The summed E-state index contributed by atoms with van der Waals surface area (Å²) in [6.45, 7) is 0. The second-order valence-electron chi connectivity index (χ2n) is 4.18. The molecule has 0 bridgehead atoms. The molecular weight excluding hydrogens is 306 g/mol. The molecule has 22 heavy (non-hydrogen) atoms. The maximum Gasteiger partial charge on any atom is 0.278 e. The van der Waals surface area contributed by atoms with Crippen molar-refractivity contribution in [1.82, 2.24) is 14.4 Å². The van der Waals surface area contributed by atoms with Crippen LogP contribution >= 0.6 is 0 Å². The molecule has 0 aliphatic heterocycles. The van der Waals surface area contributed by atoms with Crippen LogP contribution in [0.1, 0.15) is 5.69 Å². The number of nitrogens with two attached hydrogens (primary N) is 1. The molecule has 1 heterocycles. The van der Waals surface area contributed by atoms with Gasteiger partial charge in [-0.15, -0.1) is 5.10 Å². The Hall–Kier alpha value is -2.68. The second-order valence-corrected chi connectivity index (χ2v) is 6.13. The zero-order chi connectivity index (χ0) is 16.2. The molecule has 0 aliphatic carbocycles. The van der Waals surface area contributed by atoms with Gasteiger partial charge in [0.05, 0.1) is 24.4 Å². The van der Waals surface area contributed by atoms with Crippen molar-refractivity contribution >= 4 is 15.9 Å². The summed E-state index contributed by atoms with van der Waals surface area (Å²) in [5.74, 6) is 0.164. The lowest BCUT2D eigenvalue weighted by Gasteiger charge is -2.14. The Labute approximate surface area is 128 Å². The molecule has 2 aromatic rings. The van der Waals surface area contributed by atoms with E-state index >= 15 is 0 Å². The molecule has 0 fully saturated rings. The first-order chi connectivity index (χ1) is 10.4. The summed E-state index contributed by atoms with van der Waals surface area (Å²) in [5, 5.41) is 3.85. The van der Waals surface area contributed by atoms with Gasteiger partial charge in [0, 0.05) is 7.05 Å². The maximum atomic E-state index is 12.3. The molecule has 0 radical (unpaired) electrons. The Morgan fingerprint density at radius 1 is 1.27 bits per heavy atom. The number of methoxy groups -OCH3 is 1. The summed E-state index contributed by atoms with van der Waals surface area (Å²) in [6, 6.07) is 7.93.